The van der Waals surface area contributed by atoms with E-state index in [9.17, 15) is 39.6 Å². The van der Waals surface area contributed by atoms with Crippen molar-refractivity contribution in [2.75, 3.05) is 0 Å². The molecule has 0 saturated heterocycles. The third-order valence-electron chi connectivity index (χ3n) is 1.38. The summed E-state index contributed by atoms with van der Waals surface area (Å²) in [6, 6.07) is -2.93. The van der Waals surface area contributed by atoms with Crippen LogP contribution in [0.5, 0.6) is 0 Å². The summed E-state index contributed by atoms with van der Waals surface area (Å²) in [6.07, 6.45) is -1.41. The van der Waals surface area contributed by atoms with Gasteiger partial charge in [0.1, 0.15) is 0 Å². The van der Waals surface area contributed by atoms with Crippen molar-refractivity contribution in [1.82, 2.24) is 0 Å². The summed E-state index contributed by atoms with van der Waals surface area (Å²) in [6.45, 7) is 0. The van der Waals surface area contributed by atoms with Crippen molar-refractivity contribution in [2.45, 2.75) is 24.9 Å². The Kier molecular flexibility index (Phi) is 23.9. The monoisotopic (exact) mass is 342 g/mol. The van der Waals surface area contributed by atoms with Crippen LogP contribution in [-0.2, 0) is 19.2 Å². The van der Waals surface area contributed by atoms with Crippen LogP contribution >= 0.6 is 0 Å². The first kappa shape index (κ1) is 29.1. The summed E-state index contributed by atoms with van der Waals surface area (Å²) in [5.41, 5.74) is 9.47. The second-order valence-corrected chi connectivity index (χ2v) is 3.00. The van der Waals surface area contributed by atoms with Gasteiger partial charge in [0.2, 0.25) is 0 Å². The molecule has 0 saturated carbocycles. The minimum atomic E-state index is -1.58. The summed E-state index contributed by atoms with van der Waals surface area (Å²) in [5, 5.41) is 38.7. The Hall–Kier alpha value is 1.07. The molecule has 0 bridgehead atoms. The van der Waals surface area contributed by atoms with Gasteiger partial charge in [-0.25, -0.2) is 0 Å². The summed E-state index contributed by atoms with van der Waals surface area (Å²) in [5.74, 6) is -6.16. The van der Waals surface area contributed by atoms with Gasteiger partial charge >= 0.3 is 106 Å². The molecule has 0 aliphatic heterocycles. The largest absolute Gasteiger partial charge is 1.00 e. The minimum absolute atomic E-state index is 0. The Bertz CT molecular complexity index is 316. The minimum Gasteiger partial charge on any atom is -0.550 e. The van der Waals surface area contributed by atoms with Crippen LogP contribution in [0.4, 0.5) is 0 Å². The third kappa shape index (κ3) is 21.4. The van der Waals surface area contributed by atoms with Crippen molar-refractivity contribution in [2.24, 2.45) is 11.5 Å². The smallest absolute Gasteiger partial charge is 0.550 e. The zero-order chi connectivity index (χ0) is 14.9. The molecule has 10 nitrogen and oxygen atoms in total. The van der Waals surface area contributed by atoms with Crippen molar-refractivity contribution in [3.8, 4) is 0 Å². The van der Waals surface area contributed by atoms with Crippen LogP contribution < -0.4 is 135 Å². The van der Waals surface area contributed by atoms with Crippen molar-refractivity contribution in [1.29, 1.82) is 0 Å². The van der Waals surface area contributed by atoms with Crippen molar-refractivity contribution >= 4 is 23.9 Å². The number of nitrogens with two attached hydrogens (primary N) is 2. The van der Waals surface area contributed by atoms with Gasteiger partial charge in [-0.2, -0.15) is 0 Å². The molecule has 104 valence electrons. The van der Waals surface area contributed by atoms with E-state index in [4.69, 9.17) is 11.5 Å². The molecule has 0 aliphatic carbocycles. The predicted octanol–water partition coefficient (Wildman–Crippen LogP) is -13.4. The Morgan fingerprint density at radius 2 is 0.950 bits per heavy atom. The normalized spacial score (nSPS) is 11.3. The van der Waals surface area contributed by atoms with Gasteiger partial charge in [0.05, 0.1) is 11.9 Å². The molecule has 0 radical (unpaired) electrons. The SMILES string of the molecule is NC(CC(=O)[O-])C(=O)[O-].NC(CC(=O)[O-])C(=O)[O-].[H+].[H+].[K+].[K+]. The number of carbonyl (C=O) groups is 4. The summed E-state index contributed by atoms with van der Waals surface area (Å²) in [4.78, 5) is 38.7. The van der Waals surface area contributed by atoms with Gasteiger partial charge in [-0.1, -0.05) is 0 Å². The molecule has 0 amide bonds. The van der Waals surface area contributed by atoms with E-state index < -0.39 is 48.8 Å². The van der Waals surface area contributed by atoms with Gasteiger partial charge in [-0.3, -0.25) is 0 Å². The molecule has 0 rings (SSSR count). The average molecular weight is 342 g/mol. The summed E-state index contributed by atoms with van der Waals surface area (Å²) >= 11 is 0. The first-order valence-corrected chi connectivity index (χ1v) is 4.40. The number of hydrogen-bond donors (Lipinski definition) is 2. The first-order valence-electron chi connectivity index (χ1n) is 4.40. The summed E-state index contributed by atoms with van der Waals surface area (Å²) in [7, 11) is 0. The molecule has 20 heavy (non-hydrogen) atoms. The maximum absolute atomic E-state index is 9.71. The van der Waals surface area contributed by atoms with E-state index in [0.29, 0.717) is 0 Å². The predicted molar refractivity (Wildman–Crippen MR) is 47.4 cm³/mol. The van der Waals surface area contributed by atoms with Crippen LogP contribution in [0.2, 0.25) is 0 Å². The molecular weight excluding hydrogens is 330 g/mol. The number of carboxylic acids is 4. The maximum Gasteiger partial charge on any atom is 1.00 e. The van der Waals surface area contributed by atoms with Crippen LogP contribution in [0.25, 0.3) is 0 Å². The fourth-order valence-electron chi connectivity index (χ4n) is 0.526. The van der Waals surface area contributed by atoms with E-state index in [1.165, 1.54) is 0 Å². The molecule has 12 heteroatoms. The fourth-order valence-corrected chi connectivity index (χ4v) is 0.526. The van der Waals surface area contributed by atoms with Crippen molar-refractivity contribution in [3.05, 3.63) is 0 Å². The number of hydrogen-bond acceptors (Lipinski definition) is 10. The van der Waals surface area contributed by atoms with Gasteiger partial charge < -0.3 is 51.1 Å². The van der Waals surface area contributed by atoms with E-state index >= 15 is 0 Å². The van der Waals surface area contributed by atoms with Crippen LogP contribution in [0.3, 0.4) is 0 Å². The van der Waals surface area contributed by atoms with Gasteiger partial charge in [0.15, 0.2) is 0 Å². The first-order chi connectivity index (χ1) is 8.07. The third-order valence-corrected chi connectivity index (χ3v) is 1.38. The molecule has 0 aromatic heterocycles. The number of aliphatic carboxylic acids is 4. The van der Waals surface area contributed by atoms with Gasteiger partial charge in [0, 0.05) is 36.9 Å². The Morgan fingerprint density at radius 1 is 0.750 bits per heavy atom. The van der Waals surface area contributed by atoms with E-state index in [1.807, 2.05) is 0 Å². The molecule has 4 N–H and O–H groups in total. The molecule has 0 aromatic rings. The Balaban J connectivity index is -0.0000000492. The second-order valence-electron chi connectivity index (χ2n) is 3.00. The summed E-state index contributed by atoms with van der Waals surface area (Å²) < 4.78 is 0. The molecule has 2 atom stereocenters. The number of carbonyl (C=O) groups excluding carboxylic acids is 4. The molecule has 0 spiro atoms. The Labute approximate surface area is 202 Å². The molecule has 0 fully saturated rings. The number of rotatable bonds is 6. The molecule has 0 aliphatic rings. The van der Waals surface area contributed by atoms with Crippen LogP contribution in [-0.4, -0.2) is 36.0 Å². The van der Waals surface area contributed by atoms with Crippen LogP contribution in [0.15, 0.2) is 0 Å². The molecule has 0 aromatic carbocycles. The van der Waals surface area contributed by atoms with Gasteiger partial charge in [0.25, 0.3) is 0 Å². The van der Waals surface area contributed by atoms with E-state index in [0.717, 1.165) is 0 Å². The van der Waals surface area contributed by atoms with Crippen molar-refractivity contribution in [3.63, 3.8) is 0 Å². The molecule has 0 heterocycles. The quantitative estimate of drug-likeness (QED) is 0.434. The zero-order valence-electron chi connectivity index (χ0n) is 13.0. The second kappa shape index (κ2) is 16.4. The van der Waals surface area contributed by atoms with Crippen LogP contribution in [0, 0.1) is 0 Å². The number of carboxylic acid groups (broad SMARTS) is 4. The van der Waals surface area contributed by atoms with E-state index in [-0.39, 0.29) is 106 Å². The van der Waals surface area contributed by atoms with Gasteiger partial charge in [-0.05, 0) is 0 Å². The zero-order valence-corrected chi connectivity index (χ0v) is 17.2. The topological polar surface area (TPSA) is 213 Å². The standard InChI is InChI=1S/2C4H7NO4.2K/c2*5-2(4(8)9)1-3(6)7;;/h2*2H,1,5H2,(H,6,7)(H,8,9);;/q;;2*+1/p-2. The van der Waals surface area contributed by atoms with Crippen LogP contribution in [0.1, 0.15) is 15.7 Å². The van der Waals surface area contributed by atoms with E-state index in [2.05, 4.69) is 0 Å². The fraction of sp³-hybridized carbons (Fsp3) is 0.500. The van der Waals surface area contributed by atoms with Gasteiger partial charge in [-0.15, -0.1) is 0 Å². The molecular formula is C8H12K2N2O8. The molecule has 2 unspecified atom stereocenters. The maximum atomic E-state index is 9.71. The average Bonchev–Trinajstić information content (AvgIpc) is 2.16. The van der Waals surface area contributed by atoms with Crippen molar-refractivity contribution < 1.29 is 145 Å². The van der Waals surface area contributed by atoms with E-state index in [1.54, 1.807) is 0 Å². The Morgan fingerprint density at radius 3 is 1.00 bits per heavy atom.